The number of pyridine rings is 1. The number of hydrogen-bond donors (Lipinski definition) is 2. The zero-order valence-electron chi connectivity index (χ0n) is 14.8. The number of anilines is 2. The SMILES string of the molecule is COC(=O)CNC(=O)c1cccc(NC(=O)c2ccc(N(C)C)nc2)c1. The van der Waals surface area contributed by atoms with Crippen molar-refractivity contribution in [1.29, 1.82) is 0 Å². The lowest BCUT2D eigenvalue weighted by molar-refractivity contribution is -0.139. The molecule has 0 saturated carbocycles. The van der Waals surface area contributed by atoms with E-state index in [-0.39, 0.29) is 12.5 Å². The van der Waals surface area contributed by atoms with E-state index in [1.807, 2.05) is 19.0 Å². The minimum Gasteiger partial charge on any atom is -0.468 e. The Morgan fingerprint density at radius 2 is 1.85 bits per heavy atom. The number of nitrogens with one attached hydrogen (secondary N) is 2. The molecule has 0 radical (unpaired) electrons. The maximum Gasteiger partial charge on any atom is 0.325 e. The highest BCUT2D eigenvalue weighted by Gasteiger charge is 2.11. The van der Waals surface area contributed by atoms with Gasteiger partial charge in [-0.1, -0.05) is 6.07 Å². The second-order valence-electron chi connectivity index (χ2n) is 5.59. The van der Waals surface area contributed by atoms with Crippen molar-refractivity contribution in [2.75, 3.05) is 38.0 Å². The predicted molar refractivity (Wildman–Crippen MR) is 97.3 cm³/mol. The lowest BCUT2D eigenvalue weighted by atomic mass is 10.1. The van der Waals surface area contributed by atoms with Gasteiger partial charge in [0.1, 0.15) is 12.4 Å². The van der Waals surface area contributed by atoms with Crippen LogP contribution in [-0.2, 0) is 9.53 Å². The van der Waals surface area contributed by atoms with Crippen molar-refractivity contribution in [3.8, 4) is 0 Å². The standard InChI is InChI=1S/C18H20N4O4/c1-22(2)15-8-7-13(10-19-15)18(25)21-14-6-4-5-12(9-14)17(24)20-11-16(23)26-3/h4-10H,11H2,1-3H3,(H,20,24)(H,21,25). The Bertz CT molecular complexity index is 803. The van der Waals surface area contributed by atoms with Gasteiger partial charge >= 0.3 is 5.97 Å². The molecule has 0 spiro atoms. The van der Waals surface area contributed by atoms with Crippen LogP contribution in [0.25, 0.3) is 0 Å². The molecule has 2 rings (SSSR count). The number of rotatable bonds is 6. The van der Waals surface area contributed by atoms with Crippen LogP contribution < -0.4 is 15.5 Å². The molecular weight excluding hydrogens is 336 g/mol. The molecule has 1 aromatic heterocycles. The number of hydrogen-bond acceptors (Lipinski definition) is 6. The molecule has 2 aromatic rings. The van der Waals surface area contributed by atoms with Gasteiger partial charge < -0.3 is 20.3 Å². The van der Waals surface area contributed by atoms with E-state index in [0.29, 0.717) is 16.8 Å². The van der Waals surface area contributed by atoms with Gasteiger partial charge in [-0.15, -0.1) is 0 Å². The van der Waals surface area contributed by atoms with Crippen LogP contribution in [-0.4, -0.2) is 50.5 Å². The van der Waals surface area contributed by atoms with E-state index in [0.717, 1.165) is 5.82 Å². The highest BCUT2D eigenvalue weighted by atomic mass is 16.5. The molecule has 8 heteroatoms. The maximum atomic E-state index is 12.3. The van der Waals surface area contributed by atoms with Gasteiger partial charge in [-0.25, -0.2) is 4.98 Å². The number of carbonyl (C=O) groups is 3. The highest BCUT2D eigenvalue weighted by molar-refractivity contribution is 6.05. The Hall–Kier alpha value is -3.42. The van der Waals surface area contributed by atoms with Crippen LogP contribution in [0.3, 0.4) is 0 Å². The first-order valence-electron chi connectivity index (χ1n) is 7.80. The van der Waals surface area contributed by atoms with Crippen molar-refractivity contribution in [2.24, 2.45) is 0 Å². The third kappa shape index (κ3) is 5.04. The van der Waals surface area contributed by atoms with Crippen molar-refractivity contribution in [3.05, 3.63) is 53.7 Å². The van der Waals surface area contributed by atoms with Crippen LogP contribution in [0.1, 0.15) is 20.7 Å². The Balaban J connectivity index is 2.04. The summed E-state index contributed by atoms with van der Waals surface area (Å²) in [5.41, 5.74) is 1.17. The minimum atomic E-state index is -0.545. The summed E-state index contributed by atoms with van der Waals surface area (Å²) >= 11 is 0. The van der Waals surface area contributed by atoms with Gasteiger partial charge in [0.05, 0.1) is 12.7 Å². The normalized spacial score (nSPS) is 9.96. The summed E-state index contributed by atoms with van der Waals surface area (Å²) in [5, 5.41) is 5.15. The number of aromatic nitrogens is 1. The number of amides is 2. The molecule has 2 N–H and O–H groups in total. The highest BCUT2D eigenvalue weighted by Crippen LogP contribution is 2.13. The molecule has 0 aliphatic carbocycles. The Morgan fingerprint density at radius 3 is 2.46 bits per heavy atom. The summed E-state index contributed by atoms with van der Waals surface area (Å²) in [5.74, 6) is -0.583. The molecular formula is C18H20N4O4. The van der Waals surface area contributed by atoms with Gasteiger partial charge in [0, 0.05) is 31.5 Å². The Morgan fingerprint density at radius 1 is 1.08 bits per heavy atom. The molecule has 0 atom stereocenters. The van der Waals surface area contributed by atoms with E-state index in [1.54, 1.807) is 30.3 Å². The summed E-state index contributed by atoms with van der Waals surface area (Å²) in [4.78, 5) is 41.4. The smallest absolute Gasteiger partial charge is 0.325 e. The van der Waals surface area contributed by atoms with Crippen molar-refractivity contribution in [3.63, 3.8) is 0 Å². The van der Waals surface area contributed by atoms with Gasteiger partial charge in [0.25, 0.3) is 11.8 Å². The van der Waals surface area contributed by atoms with Crippen LogP contribution in [0.15, 0.2) is 42.6 Å². The van der Waals surface area contributed by atoms with Gasteiger partial charge in [-0.05, 0) is 30.3 Å². The lowest BCUT2D eigenvalue weighted by Crippen LogP contribution is -2.30. The quantitative estimate of drug-likeness (QED) is 0.757. The minimum absolute atomic E-state index is 0.226. The van der Waals surface area contributed by atoms with Crippen LogP contribution >= 0.6 is 0 Å². The van der Waals surface area contributed by atoms with Gasteiger partial charge in [0.15, 0.2) is 0 Å². The third-order valence-corrected chi connectivity index (χ3v) is 3.47. The molecule has 1 heterocycles. The molecule has 0 bridgehead atoms. The molecule has 26 heavy (non-hydrogen) atoms. The van der Waals surface area contributed by atoms with E-state index < -0.39 is 11.9 Å². The second kappa shape index (κ2) is 8.61. The first-order valence-corrected chi connectivity index (χ1v) is 7.80. The molecule has 0 saturated heterocycles. The second-order valence-corrected chi connectivity index (χ2v) is 5.59. The fraction of sp³-hybridized carbons (Fsp3) is 0.222. The molecule has 136 valence electrons. The fourth-order valence-corrected chi connectivity index (χ4v) is 2.05. The van der Waals surface area contributed by atoms with Crippen LogP contribution in [0.4, 0.5) is 11.5 Å². The third-order valence-electron chi connectivity index (χ3n) is 3.47. The zero-order valence-corrected chi connectivity index (χ0v) is 14.8. The van der Waals surface area contributed by atoms with Crippen LogP contribution in [0.2, 0.25) is 0 Å². The Kier molecular flexibility index (Phi) is 6.26. The van der Waals surface area contributed by atoms with E-state index in [1.165, 1.54) is 19.4 Å². The van der Waals surface area contributed by atoms with Crippen molar-refractivity contribution >= 4 is 29.3 Å². The first-order chi connectivity index (χ1) is 12.4. The van der Waals surface area contributed by atoms with Crippen molar-refractivity contribution in [1.82, 2.24) is 10.3 Å². The fourth-order valence-electron chi connectivity index (χ4n) is 2.05. The van der Waals surface area contributed by atoms with E-state index >= 15 is 0 Å². The number of ether oxygens (including phenoxy) is 1. The summed E-state index contributed by atoms with van der Waals surface area (Å²) in [7, 11) is 4.96. The van der Waals surface area contributed by atoms with E-state index in [9.17, 15) is 14.4 Å². The molecule has 0 fully saturated rings. The van der Waals surface area contributed by atoms with Crippen LogP contribution in [0.5, 0.6) is 0 Å². The van der Waals surface area contributed by atoms with E-state index in [4.69, 9.17) is 0 Å². The maximum absolute atomic E-state index is 12.3. The summed E-state index contributed by atoms with van der Waals surface area (Å²) in [6.45, 7) is -0.226. The number of benzene rings is 1. The molecule has 8 nitrogen and oxygen atoms in total. The molecule has 0 aliphatic heterocycles. The average Bonchev–Trinajstić information content (AvgIpc) is 2.66. The van der Waals surface area contributed by atoms with Crippen molar-refractivity contribution < 1.29 is 19.1 Å². The van der Waals surface area contributed by atoms with Gasteiger partial charge in [-0.2, -0.15) is 0 Å². The summed E-state index contributed by atoms with van der Waals surface area (Å²) in [6.07, 6.45) is 1.48. The summed E-state index contributed by atoms with van der Waals surface area (Å²) < 4.78 is 4.47. The number of esters is 1. The number of methoxy groups -OCH3 is 1. The Labute approximate surface area is 151 Å². The average molecular weight is 356 g/mol. The number of nitrogens with zero attached hydrogens (tertiary/aromatic N) is 2. The molecule has 0 unspecified atom stereocenters. The van der Waals surface area contributed by atoms with Crippen molar-refractivity contribution in [2.45, 2.75) is 0 Å². The monoisotopic (exact) mass is 356 g/mol. The van der Waals surface area contributed by atoms with Gasteiger partial charge in [-0.3, -0.25) is 14.4 Å². The molecule has 0 aliphatic rings. The molecule has 2 amide bonds. The first kappa shape index (κ1) is 18.9. The molecule has 1 aromatic carbocycles. The van der Waals surface area contributed by atoms with Gasteiger partial charge in [0.2, 0.25) is 0 Å². The topological polar surface area (TPSA) is 101 Å². The number of carbonyl (C=O) groups excluding carboxylic acids is 3. The van der Waals surface area contributed by atoms with Crippen LogP contribution in [0, 0.1) is 0 Å². The largest absolute Gasteiger partial charge is 0.468 e. The zero-order chi connectivity index (χ0) is 19.1. The summed E-state index contributed by atoms with van der Waals surface area (Å²) in [6, 6.07) is 9.81. The predicted octanol–water partition coefficient (Wildman–Crippen LogP) is 1.30. The lowest BCUT2D eigenvalue weighted by Gasteiger charge is -2.11. The van der Waals surface area contributed by atoms with E-state index in [2.05, 4.69) is 20.4 Å².